The Bertz CT molecular complexity index is 515. The Hall–Kier alpha value is -2.16. The van der Waals surface area contributed by atoms with E-state index < -0.39 is 23.9 Å². The van der Waals surface area contributed by atoms with Crippen LogP contribution in [0.1, 0.15) is 44.9 Å². The van der Waals surface area contributed by atoms with Gasteiger partial charge < -0.3 is 19.5 Å². The molecule has 0 radical (unpaired) electrons. The molecule has 26 heavy (non-hydrogen) atoms. The van der Waals surface area contributed by atoms with E-state index in [1.807, 2.05) is 0 Å². The van der Waals surface area contributed by atoms with E-state index in [1.165, 1.54) is 4.90 Å². The molecule has 9 nitrogen and oxygen atoms in total. The van der Waals surface area contributed by atoms with Crippen molar-refractivity contribution >= 4 is 24.2 Å². The number of rotatable bonds is 7. The number of amides is 3. The van der Waals surface area contributed by atoms with Crippen LogP contribution in [0.5, 0.6) is 0 Å². The SMILES string of the molecule is O=CCC(C(=O)O)N(NC(=O)N1CCOCC1)C(=O)CCC1CCCC1. The molecular weight excluding hydrogens is 342 g/mol. The van der Waals surface area contributed by atoms with Crippen molar-refractivity contribution in [2.45, 2.75) is 51.0 Å². The van der Waals surface area contributed by atoms with E-state index in [1.54, 1.807) is 0 Å². The van der Waals surface area contributed by atoms with Crippen LogP contribution in [0.25, 0.3) is 0 Å². The topological polar surface area (TPSA) is 116 Å². The minimum Gasteiger partial charge on any atom is -0.480 e. The number of carboxylic acids is 1. The van der Waals surface area contributed by atoms with Gasteiger partial charge in [0.1, 0.15) is 6.29 Å². The molecule has 0 aromatic heterocycles. The highest BCUT2D eigenvalue weighted by atomic mass is 16.5. The molecule has 2 fully saturated rings. The second-order valence-corrected chi connectivity index (χ2v) is 6.73. The molecule has 146 valence electrons. The van der Waals surface area contributed by atoms with Crippen LogP contribution in [0.3, 0.4) is 0 Å². The molecule has 2 aliphatic rings. The number of hydrogen-bond donors (Lipinski definition) is 2. The van der Waals surface area contributed by atoms with E-state index in [2.05, 4.69) is 5.43 Å². The van der Waals surface area contributed by atoms with Crippen molar-refractivity contribution in [1.82, 2.24) is 15.3 Å². The van der Waals surface area contributed by atoms with E-state index >= 15 is 0 Å². The van der Waals surface area contributed by atoms with Gasteiger partial charge in [0.15, 0.2) is 6.04 Å². The van der Waals surface area contributed by atoms with Crippen LogP contribution in [0.2, 0.25) is 0 Å². The van der Waals surface area contributed by atoms with Gasteiger partial charge in [-0.1, -0.05) is 25.7 Å². The molecule has 0 aromatic carbocycles. The van der Waals surface area contributed by atoms with Crippen molar-refractivity contribution in [2.75, 3.05) is 26.3 Å². The molecular formula is C17H27N3O6. The maximum atomic E-state index is 12.6. The van der Waals surface area contributed by atoms with Gasteiger partial charge >= 0.3 is 12.0 Å². The minimum absolute atomic E-state index is 0.149. The number of carbonyl (C=O) groups excluding carboxylic acids is 3. The fourth-order valence-electron chi connectivity index (χ4n) is 3.41. The maximum absolute atomic E-state index is 12.6. The lowest BCUT2D eigenvalue weighted by Gasteiger charge is -2.33. The maximum Gasteiger partial charge on any atom is 0.336 e. The summed E-state index contributed by atoms with van der Waals surface area (Å²) >= 11 is 0. The van der Waals surface area contributed by atoms with Gasteiger partial charge in [-0.15, -0.1) is 0 Å². The molecule has 0 aromatic rings. The summed E-state index contributed by atoms with van der Waals surface area (Å²) in [7, 11) is 0. The molecule has 1 atom stereocenters. The number of carboxylic acid groups (broad SMARTS) is 1. The second kappa shape index (κ2) is 10.1. The smallest absolute Gasteiger partial charge is 0.336 e. The van der Waals surface area contributed by atoms with Crippen LogP contribution in [0.4, 0.5) is 4.79 Å². The minimum atomic E-state index is -1.41. The number of carbonyl (C=O) groups is 4. The van der Waals surface area contributed by atoms with Crippen molar-refractivity contribution in [3.05, 3.63) is 0 Å². The average Bonchev–Trinajstić information content (AvgIpc) is 3.16. The number of morpholine rings is 1. The quantitative estimate of drug-likeness (QED) is 0.506. The number of hydrazine groups is 1. The number of aldehydes is 1. The van der Waals surface area contributed by atoms with E-state index in [-0.39, 0.29) is 12.8 Å². The number of aliphatic carboxylic acids is 1. The molecule has 2 N–H and O–H groups in total. The third-order valence-electron chi connectivity index (χ3n) is 4.94. The number of hydrogen-bond acceptors (Lipinski definition) is 5. The summed E-state index contributed by atoms with van der Waals surface area (Å²) in [5.74, 6) is -1.34. The predicted octanol–water partition coefficient (Wildman–Crippen LogP) is 0.784. The van der Waals surface area contributed by atoms with Crippen molar-refractivity contribution < 1.29 is 29.0 Å². The largest absolute Gasteiger partial charge is 0.480 e. The normalized spacial score (nSPS) is 19.0. The van der Waals surface area contributed by atoms with Gasteiger partial charge in [0.2, 0.25) is 5.91 Å². The molecule has 0 bridgehead atoms. The number of nitrogens with zero attached hydrogens (tertiary/aromatic N) is 2. The van der Waals surface area contributed by atoms with Crippen LogP contribution in [0.15, 0.2) is 0 Å². The summed E-state index contributed by atoms with van der Waals surface area (Å²) in [6, 6.07) is -1.96. The lowest BCUT2D eigenvalue weighted by molar-refractivity contribution is -0.153. The second-order valence-electron chi connectivity index (χ2n) is 6.73. The molecule has 1 unspecified atom stereocenters. The van der Waals surface area contributed by atoms with Crippen LogP contribution in [0, 0.1) is 5.92 Å². The van der Waals surface area contributed by atoms with Crippen molar-refractivity contribution in [3.63, 3.8) is 0 Å². The molecule has 2 rings (SSSR count). The standard InChI is InChI=1S/C17H27N3O6/c21-10-7-14(16(23)24)20(15(22)6-5-13-3-1-2-4-13)18-17(25)19-8-11-26-12-9-19/h10,13-14H,1-9,11-12H2,(H,18,25)(H,23,24). The van der Waals surface area contributed by atoms with E-state index in [0.29, 0.717) is 44.9 Å². The monoisotopic (exact) mass is 369 g/mol. The van der Waals surface area contributed by atoms with Crippen molar-refractivity contribution in [1.29, 1.82) is 0 Å². The van der Waals surface area contributed by atoms with Crippen LogP contribution < -0.4 is 5.43 Å². The first-order chi connectivity index (χ1) is 12.5. The first kappa shape index (κ1) is 20.2. The number of nitrogens with one attached hydrogen (secondary N) is 1. The summed E-state index contributed by atoms with van der Waals surface area (Å²) in [5, 5.41) is 10.2. The molecule has 1 aliphatic carbocycles. The third-order valence-corrected chi connectivity index (χ3v) is 4.94. The number of ether oxygens (including phenoxy) is 1. The summed E-state index contributed by atoms with van der Waals surface area (Å²) in [6.07, 6.45) is 5.32. The highest BCUT2D eigenvalue weighted by Gasteiger charge is 2.32. The third kappa shape index (κ3) is 5.69. The molecule has 3 amide bonds. The van der Waals surface area contributed by atoms with Gasteiger partial charge in [-0.3, -0.25) is 4.79 Å². The van der Waals surface area contributed by atoms with E-state index in [0.717, 1.165) is 30.7 Å². The van der Waals surface area contributed by atoms with E-state index in [9.17, 15) is 24.3 Å². The van der Waals surface area contributed by atoms with Crippen molar-refractivity contribution in [2.24, 2.45) is 5.92 Å². The molecule has 1 aliphatic heterocycles. The highest BCUT2D eigenvalue weighted by molar-refractivity contribution is 5.87. The average molecular weight is 369 g/mol. The Kier molecular flexibility index (Phi) is 7.83. The Balaban J connectivity index is 2.03. The van der Waals surface area contributed by atoms with Gasteiger partial charge in [0.25, 0.3) is 0 Å². The molecule has 1 saturated heterocycles. The zero-order valence-electron chi connectivity index (χ0n) is 14.9. The highest BCUT2D eigenvalue weighted by Crippen LogP contribution is 2.28. The van der Waals surface area contributed by atoms with Gasteiger partial charge in [0, 0.05) is 25.9 Å². The zero-order valence-corrected chi connectivity index (χ0v) is 14.9. The molecule has 1 saturated carbocycles. The van der Waals surface area contributed by atoms with Crippen LogP contribution in [-0.2, 0) is 19.1 Å². The lowest BCUT2D eigenvalue weighted by atomic mass is 10.0. The van der Waals surface area contributed by atoms with Gasteiger partial charge in [-0.2, -0.15) is 0 Å². The summed E-state index contributed by atoms with van der Waals surface area (Å²) in [5.41, 5.74) is 2.40. The van der Waals surface area contributed by atoms with E-state index in [4.69, 9.17) is 4.74 Å². The number of urea groups is 1. The zero-order chi connectivity index (χ0) is 18.9. The molecule has 0 spiro atoms. The fourth-order valence-corrected chi connectivity index (χ4v) is 3.41. The predicted molar refractivity (Wildman–Crippen MR) is 91.1 cm³/mol. The van der Waals surface area contributed by atoms with Crippen LogP contribution in [-0.4, -0.2) is 71.6 Å². The van der Waals surface area contributed by atoms with Gasteiger partial charge in [-0.05, 0) is 12.3 Å². The van der Waals surface area contributed by atoms with Crippen LogP contribution >= 0.6 is 0 Å². The fraction of sp³-hybridized carbons (Fsp3) is 0.765. The Morgan fingerprint density at radius 1 is 1.23 bits per heavy atom. The summed E-state index contributed by atoms with van der Waals surface area (Å²) in [4.78, 5) is 48.9. The molecule has 1 heterocycles. The summed E-state index contributed by atoms with van der Waals surface area (Å²) < 4.78 is 5.18. The lowest BCUT2D eigenvalue weighted by Crippen LogP contribution is -2.59. The first-order valence-corrected chi connectivity index (χ1v) is 9.14. The Labute approximate surface area is 152 Å². The van der Waals surface area contributed by atoms with Gasteiger partial charge in [-0.25, -0.2) is 20.0 Å². The molecule has 9 heteroatoms. The first-order valence-electron chi connectivity index (χ1n) is 9.14. The van der Waals surface area contributed by atoms with Crippen molar-refractivity contribution in [3.8, 4) is 0 Å². The Morgan fingerprint density at radius 3 is 2.46 bits per heavy atom. The Morgan fingerprint density at radius 2 is 1.88 bits per heavy atom. The summed E-state index contributed by atoms with van der Waals surface area (Å²) in [6.45, 7) is 1.50. The van der Waals surface area contributed by atoms with Gasteiger partial charge in [0.05, 0.1) is 13.2 Å².